The van der Waals surface area contributed by atoms with Crippen LogP contribution in [-0.4, -0.2) is 235 Å². The van der Waals surface area contributed by atoms with Crippen molar-refractivity contribution in [2.24, 2.45) is 29.4 Å². The van der Waals surface area contributed by atoms with Crippen molar-refractivity contribution in [3.63, 3.8) is 0 Å². The smallest absolute Gasteiger partial charge is 0.415 e. The highest BCUT2D eigenvalue weighted by Crippen LogP contribution is 2.32. The van der Waals surface area contributed by atoms with Crippen molar-refractivity contribution in [2.45, 2.75) is 214 Å². The van der Waals surface area contributed by atoms with Crippen LogP contribution >= 0.6 is 11.3 Å². The molecule has 3 unspecified atom stereocenters. The van der Waals surface area contributed by atoms with Gasteiger partial charge in [-0.15, -0.1) is 11.3 Å². The zero-order valence-corrected chi connectivity index (χ0v) is 65.9. The second-order valence-corrected chi connectivity index (χ2v) is 29.1. The molecular formula is C75H119N13O19S. The lowest BCUT2D eigenvalue weighted by Crippen LogP contribution is -2.58. The highest BCUT2D eigenvalue weighted by Gasteiger charge is 2.39. The highest BCUT2D eigenvalue weighted by molar-refractivity contribution is 7.09. The molecule has 11 atom stereocenters. The number of piperidine rings is 1. The summed E-state index contributed by atoms with van der Waals surface area (Å²) in [5, 5.41) is 50.4. The van der Waals surface area contributed by atoms with Gasteiger partial charge in [0, 0.05) is 89.4 Å². The maximum absolute atomic E-state index is 14.9. The van der Waals surface area contributed by atoms with Crippen molar-refractivity contribution < 1.29 is 91.7 Å². The summed E-state index contributed by atoms with van der Waals surface area (Å²) < 4.78 is 27.7. The van der Waals surface area contributed by atoms with Crippen LogP contribution in [0, 0.1) is 23.7 Å². The second kappa shape index (κ2) is 47.9. The summed E-state index contributed by atoms with van der Waals surface area (Å²) in [7, 11) is 4.94. The Morgan fingerprint density at radius 2 is 1.43 bits per heavy atom. The summed E-state index contributed by atoms with van der Waals surface area (Å²) >= 11 is 1.27. The zero-order chi connectivity index (χ0) is 80.2. The van der Waals surface area contributed by atoms with Crippen LogP contribution in [0.3, 0.4) is 0 Å². The van der Waals surface area contributed by atoms with Gasteiger partial charge in [-0.3, -0.25) is 38.5 Å². The number of carboxylic acid groups (broad SMARTS) is 1. The number of aliphatic hydroxyl groups excluding tert-OH is 2. The summed E-state index contributed by atoms with van der Waals surface area (Å²) in [6.07, 6.45) is 0.837. The van der Waals surface area contributed by atoms with Crippen molar-refractivity contribution in [3.8, 4) is 5.75 Å². The topological polar surface area (TPSA) is 431 Å². The van der Waals surface area contributed by atoms with E-state index in [0.717, 1.165) is 25.8 Å². The molecule has 1 aliphatic rings. The van der Waals surface area contributed by atoms with Crippen molar-refractivity contribution in [1.82, 2.24) is 56.5 Å². The van der Waals surface area contributed by atoms with Gasteiger partial charge >= 0.3 is 30.3 Å². The average molecular weight is 1540 g/mol. The van der Waals surface area contributed by atoms with Gasteiger partial charge in [0.1, 0.15) is 53.9 Å². The van der Waals surface area contributed by atoms with E-state index in [-0.39, 0.29) is 119 Å². The number of urea groups is 1. The maximum atomic E-state index is 14.9. The summed E-state index contributed by atoms with van der Waals surface area (Å²) in [6, 6.07) is 7.87. The number of carbonyl (C=O) groups is 11. The number of nitrogens with two attached hydrogens (primary N) is 1. The van der Waals surface area contributed by atoms with E-state index in [1.165, 1.54) is 35.2 Å². The number of carboxylic acids is 1. The first-order valence-electron chi connectivity index (χ1n) is 37.5. The molecule has 0 spiro atoms. The lowest BCUT2D eigenvalue weighted by molar-refractivity contribution is -0.165. The third-order valence-corrected chi connectivity index (χ3v) is 19.6. The molecule has 604 valence electrons. The molecule has 32 nitrogen and oxygen atoms in total. The first kappa shape index (κ1) is 91.6. The Balaban J connectivity index is 1.31. The van der Waals surface area contributed by atoms with E-state index in [0.29, 0.717) is 67.1 Å². The number of hydrogen-bond donors (Lipinski definition) is 11. The lowest BCUT2D eigenvalue weighted by atomic mass is 9.92. The Hall–Kier alpha value is -8.76. The molecule has 1 fully saturated rings. The first-order chi connectivity index (χ1) is 51.3. The normalized spacial score (nSPS) is 15.8. The molecule has 1 aromatic heterocycles. The van der Waals surface area contributed by atoms with E-state index in [1.54, 1.807) is 81.6 Å². The number of likely N-dealkylation sites (tertiary alicyclic amines) is 1. The number of benzene rings is 2. The number of anilines is 1. The van der Waals surface area contributed by atoms with Crippen LogP contribution in [0.4, 0.5) is 24.9 Å². The molecule has 4 rings (SSSR count). The Labute approximate surface area is 638 Å². The molecule has 3 aromatic rings. The summed E-state index contributed by atoms with van der Waals surface area (Å²) in [5.74, 6) is -4.95. The van der Waals surface area contributed by atoms with Crippen molar-refractivity contribution in [1.29, 1.82) is 0 Å². The van der Waals surface area contributed by atoms with E-state index < -0.39 is 115 Å². The minimum Gasteiger partial charge on any atom is -0.481 e. The van der Waals surface area contributed by atoms with Crippen molar-refractivity contribution >= 4 is 82.7 Å². The number of aliphatic hydroxyl groups is 2. The number of thiazole rings is 1. The first-order valence-corrected chi connectivity index (χ1v) is 38.4. The van der Waals surface area contributed by atoms with Crippen LogP contribution in [-0.2, 0) is 60.7 Å². The monoisotopic (exact) mass is 1540 g/mol. The van der Waals surface area contributed by atoms with Crippen LogP contribution in [0.15, 0.2) is 53.9 Å². The van der Waals surface area contributed by atoms with Gasteiger partial charge < -0.3 is 96.7 Å². The number of amides is 11. The van der Waals surface area contributed by atoms with Gasteiger partial charge in [0.05, 0.1) is 24.7 Å². The molecule has 2 aromatic carbocycles. The molecular weight excluding hydrogens is 1420 g/mol. The van der Waals surface area contributed by atoms with Crippen LogP contribution < -0.4 is 47.7 Å². The Morgan fingerprint density at radius 1 is 0.750 bits per heavy atom. The number of aromatic nitrogens is 1. The predicted octanol–water partition coefficient (Wildman–Crippen LogP) is 6.67. The Morgan fingerprint density at radius 3 is 2.03 bits per heavy atom. The molecule has 0 radical (unpaired) electrons. The van der Waals surface area contributed by atoms with Crippen molar-refractivity contribution in [2.75, 3.05) is 85.5 Å². The number of carbonyl (C=O) groups excluding carboxylic acids is 10. The number of primary amides is 1. The van der Waals surface area contributed by atoms with E-state index in [4.69, 9.17) is 34.4 Å². The van der Waals surface area contributed by atoms with Crippen LogP contribution in [0.25, 0.3) is 0 Å². The van der Waals surface area contributed by atoms with E-state index >= 15 is 0 Å². The van der Waals surface area contributed by atoms with E-state index in [1.807, 2.05) is 39.6 Å². The number of likely N-dealkylation sites (N-methyl/N-ethyl adjacent to an activating group) is 3. The second-order valence-electron chi connectivity index (χ2n) is 28.2. The quantitative estimate of drug-likeness (QED) is 0.0208. The molecule has 1 aliphatic heterocycles. The number of hydrogen-bond acceptors (Lipinski definition) is 21. The third-order valence-electron chi connectivity index (χ3n) is 18.6. The molecule has 0 aliphatic carbocycles. The van der Waals surface area contributed by atoms with Gasteiger partial charge in [0.2, 0.25) is 29.5 Å². The van der Waals surface area contributed by atoms with Gasteiger partial charge in [0.15, 0.2) is 6.29 Å². The van der Waals surface area contributed by atoms with Gasteiger partial charge in [-0.1, -0.05) is 106 Å². The van der Waals surface area contributed by atoms with Gasteiger partial charge in [-0.2, -0.15) is 0 Å². The predicted molar refractivity (Wildman–Crippen MR) is 405 cm³/mol. The maximum Gasteiger partial charge on any atom is 0.415 e. The Bertz CT molecular complexity index is 3330. The van der Waals surface area contributed by atoms with Gasteiger partial charge in [-0.25, -0.2) is 24.2 Å². The zero-order valence-electron chi connectivity index (χ0n) is 65.1. The summed E-state index contributed by atoms with van der Waals surface area (Å²) in [6.45, 7) is 19.5. The fourth-order valence-corrected chi connectivity index (χ4v) is 12.7. The number of nitrogens with zero attached hydrogens (tertiary/aromatic N) is 5. The minimum absolute atomic E-state index is 0.0166. The summed E-state index contributed by atoms with van der Waals surface area (Å²) in [5.41, 5.74) is 6.93. The number of ether oxygens (including phenoxy) is 5. The number of aliphatic carboxylic acids is 1. The van der Waals surface area contributed by atoms with Crippen LogP contribution in [0.1, 0.15) is 179 Å². The van der Waals surface area contributed by atoms with Crippen LogP contribution in [0.2, 0.25) is 0 Å². The summed E-state index contributed by atoms with van der Waals surface area (Å²) in [4.78, 5) is 157. The highest BCUT2D eigenvalue weighted by atomic mass is 32.1. The lowest BCUT2D eigenvalue weighted by Gasteiger charge is -2.40. The minimum atomic E-state index is -1.48. The van der Waals surface area contributed by atoms with Crippen molar-refractivity contribution in [3.05, 3.63) is 75.7 Å². The van der Waals surface area contributed by atoms with E-state index in [9.17, 15) is 68.1 Å². The molecule has 2 heterocycles. The number of rotatable bonds is 47. The largest absolute Gasteiger partial charge is 0.481 e. The number of alkyl carbamates (subject to hydrolysis) is 1. The Kier molecular flexibility index (Phi) is 40.6. The SMILES string of the molecule is CCCO[C@H](C[C@H](C(C)C)N(CCC)C(=O)[C@@H](NC(=O)[C@H]1CCCCN1C)[C@@H](C)CC)c1nc(C(=O)NC(Cc2ccc(OC(=O)N(C)CCN(C)C(=O)OCc3ccc(NC(=O)[C@@H](CCCNC(N)=O)NC(=O)[C@H](NC(=O)CCNC(=O)OCC(O)OC(CC)CO)C(C)C)cc3)cc2)C[C@H](C)C(=O)O)cs1. The molecule has 1 saturated heterocycles. The molecule has 33 heteroatoms. The molecule has 0 bridgehead atoms. The van der Waals surface area contributed by atoms with Gasteiger partial charge in [0.25, 0.3) is 5.91 Å². The number of nitrogens with one attached hydrogen (secondary N) is 7. The average Bonchev–Trinajstić information content (AvgIpc) is 1.62. The molecule has 0 saturated carbocycles. The third kappa shape index (κ3) is 31.8. The molecule has 11 amide bonds. The van der Waals surface area contributed by atoms with Gasteiger partial charge in [-0.05, 0) is 125 Å². The fraction of sp³-hybridized carbons (Fsp3) is 0.653. The standard InChI is InChI=1S/C75H119N13O19S/c1-14-34-88(70(96)64(48(9)16-3)84-67(94)58-22-18-19-35-85(58)11)59(46(5)6)41-60(103-38-15-2)69-82-57(45-108-69)66(93)80-53(39-49(10)71(97)98)40-50-25-29-55(30-26-50)107-75(102)87(13)37-36-86(12)74(101)105-43-51-23-27-52(28-24-51)79-65(92)56(21-20-32-77-72(76)99)81-68(95)63(47(7)8)83-61(90)31-33-78-73(100)104-44-62(91)106-54(17-4)42-89/h23-30,45-49,53-54,56,58-60,62-64,89,91H,14-22,31-44H2,1-13H3,(H,78,100)(H,79,92)(H,80,93)(H,81,95)(H,83,90)(H,84,94)(H,97,98)(H3,76,77,99)/t48-,49-,53?,54?,56+,58+,59+,60+,62?,63+,64-/m0/s1. The molecule has 12 N–H and O–H groups in total. The molecule has 108 heavy (non-hydrogen) atoms. The van der Waals surface area contributed by atoms with E-state index in [2.05, 4.69) is 56.0 Å². The fourth-order valence-electron chi connectivity index (χ4n) is 11.8. The van der Waals surface area contributed by atoms with Crippen LogP contribution in [0.5, 0.6) is 5.75 Å².